The van der Waals surface area contributed by atoms with Gasteiger partial charge in [-0.3, -0.25) is 0 Å². The van der Waals surface area contributed by atoms with E-state index in [1.54, 1.807) is 0 Å². The van der Waals surface area contributed by atoms with Gasteiger partial charge in [-0.05, 0) is 116 Å². The lowest BCUT2D eigenvalue weighted by Gasteiger charge is -2.20. The van der Waals surface area contributed by atoms with E-state index in [1.807, 2.05) is 7.05 Å². The summed E-state index contributed by atoms with van der Waals surface area (Å²) in [5.74, 6) is 0. The van der Waals surface area contributed by atoms with Crippen LogP contribution in [-0.4, -0.2) is 46.2 Å². The van der Waals surface area contributed by atoms with E-state index in [0.29, 0.717) is 0 Å². The molecule has 0 fully saturated rings. The molecule has 7 heteroatoms. The fourth-order valence-electron chi connectivity index (χ4n) is 9.65. The van der Waals surface area contributed by atoms with Crippen LogP contribution in [0, 0.1) is 20.8 Å². The van der Waals surface area contributed by atoms with Crippen LogP contribution >= 0.6 is 0 Å². The number of hydrogen-bond acceptors (Lipinski definition) is 4. The fourth-order valence-corrected chi connectivity index (χ4v) is 9.65. The van der Waals surface area contributed by atoms with Gasteiger partial charge in [-0.2, -0.15) is 0 Å². The van der Waals surface area contributed by atoms with Gasteiger partial charge in [0.15, 0.2) is 12.4 Å². The van der Waals surface area contributed by atoms with Gasteiger partial charge in [-0.25, -0.2) is 24.5 Å². The molecule has 4 aromatic rings. The van der Waals surface area contributed by atoms with Crippen LogP contribution in [0.3, 0.4) is 0 Å². The van der Waals surface area contributed by atoms with Crippen molar-refractivity contribution < 1.29 is 14.6 Å². The Morgan fingerprint density at radius 2 is 0.971 bits per heavy atom. The molecule has 11 rings (SSSR count). The molecule has 1 aromatic heterocycles. The Morgan fingerprint density at radius 1 is 0.464 bits per heavy atom. The van der Waals surface area contributed by atoms with Crippen molar-refractivity contribution >= 4 is 45.1 Å². The molecule has 69 heavy (non-hydrogen) atoms. The van der Waals surface area contributed by atoms with Crippen molar-refractivity contribution in [3.63, 3.8) is 0 Å². The highest BCUT2D eigenvalue weighted by Crippen LogP contribution is 2.35. The zero-order chi connectivity index (χ0) is 46.8. The molecule has 8 bridgehead atoms. The van der Waals surface area contributed by atoms with E-state index < -0.39 is 0 Å². The summed E-state index contributed by atoms with van der Waals surface area (Å²) in [6.07, 6.45) is 42.6. The van der Waals surface area contributed by atoms with Gasteiger partial charge in [0.1, 0.15) is 12.1 Å². The number of pyridine rings is 1. The lowest BCUT2D eigenvalue weighted by molar-refractivity contribution is -0.697. The second-order valence-electron chi connectivity index (χ2n) is 18.6. The molecule has 0 radical (unpaired) electrons. The molecule has 7 aliphatic heterocycles. The van der Waals surface area contributed by atoms with Gasteiger partial charge >= 0.3 is 0 Å². The Labute approximate surface area is 405 Å². The quantitative estimate of drug-likeness (QED) is 0.124. The third kappa shape index (κ3) is 9.11. The lowest BCUT2D eigenvalue weighted by atomic mass is 9.97. The van der Waals surface area contributed by atoms with Gasteiger partial charge in [-0.1, -0.05) is 89.5 Å². The van der Waals surface area contributed by atoms with Crippen LogP contribution in [0.1, 0.15) is 58.2 Å². The molecule has 2 N–H and O–H groups in total. The maximum absolute atomic E-state index is 5.53. The molecule has 0 amide bonds. The molecule has 0 aliphatic carbocycles. The van der Waals surface area contributed by atoms with E-state index in [2.05, 4.69) is 240 Å². The molecule has 0 atom stereocenters. The smallest absolute Gasteiger partial charge is 0.218 e. The van der Waals surface area contributed by atoms with Crippen LogP contribution in [0.25, 0.3) is 22.3 Å². The summed E-state index contributed by atoms with van der Waals surface area (Å²) in [6.45, 7) is 8.31. The van der Waals surface area contributed by atoms with Crippen molar-refractivity contribution in [3.05, 3.63) is 268 Å². The first kappa shape index (κ1) is 43.3. The topological polar surface area (TPSA) is 63.0 Å². The lowest BCUT2D eigenvalue weighted by Crippen LogP contribution is -2.71. The Hall–Kier alpha value is -8.29. The summed E-state index contributed by atoms with van der Waals surface area (Å²) in [4.78, 5) is 23.2. The van der Waals surface area contributed by atoms with Crippen LogP contribution in [0.2, 0.25) is 0 Å². The van der Waals surface area contributed by atoms with Crippen molar-refractivity contribution in [2.45, 2.75) is 46.6 Å². The number of aromatic nitrogens is 1. The third-order valence-corrected chi connectivity index (χ3v) is 13.5. The molecule has 7 nitrogen and oxygen atoms in total. The summed E-state index contributed by atoms with van der Waals surface area (Å²) in [6, 6.07) is 30.7. The summed E-state index contributed by atoms with van der Waals surface area (Å²) >= 11 is 0. The number of allylic oxidation sites excluding steroid dienone is 18. The highest BCUT2D eigenvalue weighted by atomic mass is 15.1. The Morgan fingerprint density at radius 3 is 1.58 bits per heavy atom. The van der Waals surface area contributed by atoms with Gasteiger partial charge in [0.05, 0.1) is 39.5 Å². The number of aliphatic imine (C=N–C) groups is 2. The van der Waals surface area contributed by atoms with E-state index in [1.165, 1.54) is 27.8 Å². The zero-order valence-corrected chi connectivity index (χ0v) is 39.7. The van der Waals surface area contributed by atoms with Crippen LogP contribution in [0.5, 0.6) is 0 Å². The van der Waals surface area contributed by atoms with Crippen molar-refractivity contribution in [2.24, 2.45) is 9.98 Å². The maximum atomic E-state index is 5.53. The Bertz CT molecular complexity index is 3260. The third-order valence-electron chi connectivity index (χ3n) is 13.5. The van der Waals surface area contributed by atoms with Crippen LogP contribution in [-0.2, 0) is 6.54 Å². The predicted molar refractivity (Wildman–Crippen MR) is 283 cm³/mol. The van der Waals surface area contributed by atoms with Gasteiger partial charge in [0, 0.05) is 80.8 Å². The van der Waals surface area contributed by atoms with Gasteiger partial charge in [-0.15, -0.1) is 0 Å². The Kier molecular flexibility index (Phi) is 11.8. The SMILES string of the molecule is Cc1ccc(C2=C3C=CC(=N3)C(c3ccc[n+](CCCCCN4C=CC(=C5C=CN(C)C=C5)C=C4)c3)=C3C=CC(=N3)C(c3ccc(C)cc3)=C3C=CC(=[NH+]3)C(c3ccc(C)cc3)=C3C=CC2=[NH+]3)cc1. The van der Waals surface area contributed by atoms with Crippen molar-refractivity contribution in [3.8, 4) is 0 Å². The van der Waals surface area contributed by atoms with Crippen molar-refractivity contribution in [1.29, 1.82) is 0 Å². The maximum Gasteiger partial charge on any atom is 0.218 e. The second-order valence-corrected chi connectivity index (χ2v) is 18.6. The monoisotopic (exact) mass is 898 g/mol. The van der Waals surface area contributed by atoms with E-state index in [-0.39, 0.29) is 0 Å². The fraction of sp³-hybridized carbons (Fsp3) is 0.145. The highest BCUT2D eigenvalue weighted by molar-refractivity contribution is 6.37. The van der Waals surface area contributed by atoms with Crippen LogP contribution in [0.15, 0.2) is 239 Å². The number of benzene rings is 3. The van der Waals surface area contributed by atoms with Crippen molar-refractivity contribution in [2.75, 3.05) is 13.6 Å². The average molecular weight is 899 g/mol. The molecule has 0 spiro atoms. The van der Waals surface area contributed by atoms with Gasteiger partial charge in [0.25, 0.3) is 0 Å². The number of rotatable bonds is 10. The largest absolute Gasteiger partial charge is 0.357 e. The molecule has 7 aliphatic rings. The highest BCUT2D eigenvalue weighted by Gasteiger charge is 2.33. The summed E-state index contributed by atoms with van der Waals surface area (Å²) in [5.41, 5.74) is 22.3. The minimum absolute atomic E-state index is 0.881. The van der Waals surface area contributed by atoms with E-state index >= 15 is 0 Å². The predicted octanol–water partition coefficient (Wildman–Crippen LogP) is 8.85. The number of hydrogen-bond donors (Lipinski definition) is 2. The first-order valence-electron chi connectivity index (χ1n) is 24.1. The number of nitrogens with zero attached hydrogens (tertiary/aromatic N) is 5. The minimum atomic E-state index is 0.881. The van der Waals surface area contributed by atoms with Gasteiger partial charge < -0.3 is 9.80 Å². The first-order chi connectivity index (χ1) is 33.8. The van der Waals surface area contributed by atoms with E-state index in [0.717, 1.165) is 123 Å². The zero-order valence-electron chi connectivity index (χ0n) is 39.7. The number of fused-ring (bicyclic) bond motifs is 4. The summed E-state index contributed by atoms with van der Waals surface area (Å²) in [5, 5.41) is 0. The molecule has 0 saturated carbocycles. The van der Waals surface area contributed by atoms with Crippen LogP contribution in [0.4, 0.5) is 0 Å². The first-order valence-corrected chi connectivity index (χ1v) is 24.1. The molecular formula is C62H56N7+3. The summed E-state index contributed by atoms with van der Waals surface area (Å²) < 4.78 is 2.33. The second kappa shape index (κ2) is 18.8. The number of nitrogens with one attached hydrogen (secondary N) is 2. The van der Waals surface area contributed by atoms with E-state index in [4.69, 9.17) is 9.98 Å². The molecule has 0 saturated heterocycles. The molecular weight excluding hydrogens is 843 g/mol. The van der Waals surface area contributed by atoms with Crippen molar-refractivity contribution in [1.82, 2.24) is 9.80 Å². The molecule has 8 heterocycles. The number of aryl methyl sites for hydroxylation is 4. The standard InChI is InChI=1S/C62H54N7/c1-42-10-16-47(17-11-42)59-51-22-24-53(63-51)60(48-18-12-43(2)13-19-48)55-26-28-57(65-55)62(58-29-27-56(66-58)61(54-25-23-52(59)64-54)49-20-14-44(3)15-21-49)50-9-8-36-69(41-50)35-7-5-6-34-68-39-32-46(33-40-68)45-30-37-67(4)38-31-45/h8-33,36-41H,5-7,34-35H2,1-4H3/q+1/p+2. The molecule has 3 aromatic carbocycles. The Balaban J connectivity index is 0.969. The van der Waals surface area contributed by atoms with Gasteiger partial charge in [0.2, 0.25) is 22.8 Å². The van der Waals surface area contributed by atoms with Crippen LogP contribution < -0.4 is 14.6 Å². The normalized spacial score (nSPS) is 18.0. The molecule has 336 valence electrons. The van der Waals surface area contributed by atoms with E-state index in [9.17, 15) is 0 Å². The molecule has 0 unspecified atom stereocenters. The average Bonchev–Trinajstić information content (AvgIpc) is 4.23. The number of unbranched alkanes of at least 4 members (excludes halogenated alkanes) is 2. The minimum Gasteiger partial charge on any atom is -0.357 e. The summed E-state index contributed by atoms with van der Waals surface area (Å²) in [7, 11) is 2.05.